The van der Waals surface area contributed by atoms with Crippen molar-refractivity contribution in [2.75, 3.05) is 6.54 Å². The first-order valence-corrected chi connectivity index (χ1v) is 6.28. The van der Waals surface area contributed by atoms with Crippen LogP contribution in [0.5, 0.6) is 0 Å². The molecule has 0 aliphatic rings. The van der Waals surface area contributed by atoms with Gasteiger partial charge in [-0.3, -0.25) is 9.79 Å². The van der Waals surface area contributed by atoms with Crippen LogP contribution in [0.2, 0.25) is 0 Å². The molecule has 0 radical (unpaired) electrons. The summed E-state index contributed by atoms with van der Waals surface area (Å²) in [6, 6.07) is 8.56. The van der Waals surface area contributed by atoms with Crippen LogP contribution in [0, 0.1) is 0 Å². The second-order valence-electron chi connectivity index (χ2n) is 4.31. The summed E-state index contributed by atoms with van der Waals surface area (Å²) in [5.74, 6) is -1.14. The Hall–Kier alpha value is -2.06. The Labute approximate surface area is 117 Å². The maximum atomic E-state index is 11.9. The minimum atomic E-state index is -1.64. The average molecular weight is 278 g/mol. The van der Waals surface area contributed by atoms with Gasteiger partial charge in [0, 0.05) is 12.1 Å². The van der Waals surface area contributed by atoms with Crippen molar-refractivity contribution < 1.29 is 14.8 Å². The summed E-state index contributed by atoms with van der Waals surface area (Å²) in [6.45, 7) is 0.368. The third kappa shape index (κ3) is 5.72. The SMILES string of the molecule is NC(N)=NCCC[C@H](NC(=O)c1ccccc1)B(O)O. The third-order valence-corrected chi connectivity index (χ3v) is 2.68. The van der Waals surface area contributed by atoms with E-state index in [-0.39, 0.29) is 11.9 Å². The Kier molecular flexibility index (Phi) is 6.55. The van der Waals surface area contributed by atoms with Crippen molar-refractivity contribution in [1.29, 1.82) is 0 Å². The summed E-state index contributed by atoms with van der Waals surface area (Å²) >= 11 is 0. The van der Waals surface area contributed by atoms with Crippen LogP contribution in [0.25, 0.3) is 0 Å². The van der Waals surface area contributed by atoms with Crippen LogP contribution in [-0.4, -0.2) is 41.5 Å². The van der Waals surface area contributed by atoms with E-state index in [0.717, 1.165) is 0 Å². The van der Waals surface area contributed by atoms with E-state index < -0.39 is 13.1 Å². The average Bonchev–Trinajstić information content (AvgIpc) is 2.42. The number of guanidine groups is 1. The van der Waals surface area contributed by atoms with E-state index in [9.17, 15) is 14.8 Å². The van der Waals surface area contributed by atoms with Crippen molar-refractivity contribution in [3.63, 3.8) is 0 Å². The smallest absolute Gasteiger partial charge is 0.426 e. The Bertz CT molecular complexity index is 449. The molecule has 108 valence electrons. The Balaban J connectivity index is 2.51. The summed E-state index contributed by atoms with van der Waals surface area (Å²) in [7, 11) is -1.64. The molecule has 0 aromatic heterocycles. The topological polar surface area (TPSA) is 134 Å². The second-order valence-corrected chi connectivity index (χ2v) is 4.31. The molecular formula is C12H19BN4O3. The number of carbonyl (C=O) groups excluding carboxylic acids is 1. The van der Waals surface area contributed by atoms with Crippen molar-refractivity contribution in [1.82, 2.24) is 5.32 Å². The maximum absolute atomic E-state index is 11.9. The second kappa shape index (κ2) is 8.18. The van der Waals surface area contributed by atoms with E-state index in [1.807, 2.05) is 0 Å². The molecule has 0 spiro atoms. The fraction of sp³-hybridized carbons (Fsp3) is 0.333. The van der Waals surface area contributed by atoms with Crippen LogP contribution in [0.3, 0.4) is 0 Å². The number of nitrogens with two attached hydrogens (primary N) is 2. The van der Waals surface area contributed by atoms with E-state index >= 15 is 0 Å². The van der Waals surface area contributed by atoms with E-state index in [2.05, 4.69) is 10.3 Å². The van der Waals surface area contributed by atoms with Gasteiger partial charge >= 0.3 is 7.12 Å². The first-order valence-electron chi connectivity index (χ1n) is 6.28. The predicted molar refractivity (Wildman–Crippen MR) is 77.8 cm³/mol. The number of rotatable bonds is 7. The number of aliphatic imine (C=N–C) groups is 1. The van der Waals surface area contributed by atoms with Gasteiger partial charge in [-0.15, -0.1) is 0 Å². The minimum absolute atomic E-state index is 0.0144. The van der Waals surface area contributed by atoms with Gasteiger partial charge in [-0.2, -0.15) is 0 Å². The van der Waals surface area contributed by atoms with Crippen molar-refractivity contribution in [3.8, 4) is 0 Å². The highest BCUT2D eigenvalue weighted by Crippen LogP contribution is 2.03. The molecule has 7 N–H and O–H groups in total. The number of carbonyl (C=O) groups is 1. The highest BCUT2D eigenvalue weighted by atomic mass is 16.4. The van der Waals surface area contributed by atoms with Crippen molar-refractivity contribution in [2.24, 2.45) is 16.5 Å². The summed E-state index contributed by atoms with van der Waals surface area (Å²) in [6.07, 6.45) is 0.877. The zero-order chi connectivity index (χ0) is 15.0. The van der Waals surface area contributed by atoms with Gasteiger partial charge in [0.25, 0.3) is 5.91 Å². The molecule has 0 unspecified atom stereocenters. The van der Waals surface area contributed by atoms with Crippen LogP contribution in [0.1, 0.15) is 23.2 Å². The van der Waals surface area contributed by atoms with Gasteiger partial charge in [-0.25, -0.2) is 0 Å². The first-order chi connectivity index (χ1) is 9.50. The molecule has 20 heavy (non-hydrogen) atoms. The monoisotopic (exact) mass is 278 g/mol. The number of hydrogen-bond acceptors (Lipinski definition) is 4. The molecule has 7 nitrogen and oxygen atoms in total. The molecule has 0 saturated heterocycles. The molecule has 0 saturated carbocycles. The lowest BCUT2D eigenvalue weighted by Gasteiger charge is -2.17. The molecule has 1 amide bonds. The molecular weight excluding hydrogens is 259 g/mol. The van der Waals surface area contributed by atoms with Crippen LogP contribution in [0.15, 0.2) is 35.3 Å². The van der Waals surface area contributed by atoms with Gasteiger partial charge in [0.1, 0.15) is 0 Å². The van der Waals surface area contributed by atoms with Gasteiger partial charge in [0.15, 0.2) is 5.96 Å². The number of hydrogen-bond donors (Lipinski definition) is 5. The number of benzene rings is 1. The van der Waals surface area contributed by atoms with E-state index in [4.69, 9.17) is 11.5 Å². The summed E-state index contributed by atoms with van der Waals surface area (Å²) < 4.78 is 0. The molecule has 0 fully saturated rings. The molecule has 1 rings (SSSR count). The standard InChI is InChI=1S/C12H19BN4O3/c14-12(15)16-8-4-7-10(13(19)20)17-11(18)9-5-2-1-3-6-9/h1-3,5-6,10,19-20H,4,7-8H2,(H,17,18)(H4,14,15,16)/t10-/m0/s1. The Morgan fingerprint density at radius 1 is 1.30 bits per heavy atom. The van der Waals surface area contributed by atoms with Crippen LogP contribution >= 0.6 is 0 Å². The minimum Gasteiger partial charge on any atom is -0.426 e. The lowest BCUT2D eigenvalue weighted by Crippen LogP contribution is -2.46. The van der Waals surface area contributed by atoms with E-state index in [0.29, 0.717) is 24.9 Å². The lowest BCUT2D eigenvalue weighted by molar-refractivity contribution is 0.0940. The van der Waals surface area contributed by atoms with Gasteiger partial charge in [0.05, 0.1) is 5.94 Å². The molecule has 1 atom stereocenters. The van der Waals surface area contributed by atoms with Crippen LogP contribution < -0.4 is 16.8 Å². The highest BCUT2D eigenvalue weighted by molar-refractivity contribution is 6.43. The van der Waals surface area contributed by atoms with Crippen LogP contribution in [-0.2, 0) is 0 Å². The number of nitrogens with zero attached hydrogens (tertiary/aromatic N) is 1. The number of amides is 1. The molecule has 1 aromatic carbocycles. The fourth-order valence-electron chi connectivity index (χ4n) is 1.66. The van der Waals surface area contributed by atoms with Crippen molar-refractivity contribution >= 4 is 19.0 Å². The van der Waals surface area contributed by atoms with Gasteiger partial charge < -0.3 is 26.8 Å². The maximum Gasteiger partial charge on any atom is 0.475 e. The fourth-order valence-corrected chi connectivity index (χ4v) is 1.66. The lowest BCUT2D eigenvalue weighted by atomic mass is 9.76. The first kappa shape index (κ1) is 16.0. The van der Waals surface area contributed by atoms with Crippen LogP contribution in [0.4, 0.5) is 0 Å². The predicted octanol–water partition coefficient (Wildman–Crippen LogP) is -1.15. The summed E-state index contributed by atoms with van der Waals surface area (Å²) in [5.41, 5.74) is 10.8. The van der Waals surface area contributed by atoms with Crippen molar-refractivity contribution in [2.45, 2.75) is 18.8 Å². The zero-order valence-electron chi connectivity index (χ0n) is 11.1. The Morgan fingerprint density at radius 2 is 1.95 bits per heavy atom. The molecule has 8 heteroatoms. The largest absolute Gasteiger partial charge is 0.475 e. The molecule has 1 aromatic rings. The molecule has 0 aliphatic carbocycles. The van der Waals surface area contributed by atoms with Gasteiger partial charge in [-0.05, 0) is 25.0 Å². The summed E-state index contributed by atoms with van der Waals surface area (Å²) in [4.78, 5) is 15.7. The quantitative estimate of drug-likeness (QED) is 0.186. The van der Waals surface area contributed by atoms with E-state index in [1.54, 1.807) is 30.3 Å². The zero-order valence-corrected chi connectivity index (χ0v) is 11.1. The molecule has 0 bridgehead atoms. The highest BCUT2D eigenvalue weighted by Gasteiger charge is 2.25. The Morgan fingerprint density at radius 3 is 2.50 bits per heavy atom. The van der Waals surface area contributed by atoms with Gasteiger partial charge in [0.2, 0.25) is 0 Å². The molecule has 0 aliphatic heterocycles. The normalized spacial score (nSPS) is 11.5. The summed E-state index contributed by atoms with van der Waals surface area (Å²) in [5, 5.41) is 21.1. The number of nitrogens with one attached hydrogen (secondary N) is 1. The third-order valence-electron chi connectivity index (χ3n) is 2.68. The van der Waals surface area contributed by atoms with Crippen molar-refractivity contribution in [3.05, 3.63) is 35.9 Å². The molecule has 0 heterocycles. The van der Waals surface area contributed by atoms with Gasteiger partial charge in [-0.1, -0.05) is 18.2 Å². The van der Waals surface area contributed by atoms with E-state index in [1.165, 1.54) is 0 Å².